The lowest BCUT2D eigenvalue weighted by atomic mass is 10.2. The molecule has 2 rings (SSSR count). The largest absolute Gasteiger partial charge is 0.376 e. The second kappa shape index (κ2) is 4.57. The number of rotatable bonds is 3. The number of amides is 1. The van der Waals surface area contributed by atoms with Crippen LogP contribution < -0.4 is 10.2 Å². The van der Waals surface area contributed by atoms with Gasteiger partial charge >= 0.3 is 0 Å². The van der Waals surface area contributed by atoms with Crippen molar-refractivity contribution < 1.29 is 4.79 Å². The SMILES string of the molecule is CC1CC1C(=O)Nc1cc(Cl)ccc1N(C)C. The summed E-state index contributed by atoms with van der Waals surface area (Å²) in [5.41, 5.74) is 1.75. The second-order valence-corrected chi connectivity index (χ2v) is 5.30. The minimum Gasteiger partial charge on any atom is -0.376 e. The molecule has 1 aromatic rings. The highest BCUT2D eigenvalue weighted by molar-refractivity contribution is 6.31. The van der Waals surface area contributed by atoms with Crippen LogP contribution in [0.1, 0.15) is 13.3 Å². The summed E-state index contributed by atoms with van der Waals surface area (Å²) in [5.74, 6) is 0.781. The van der Waals surface area contributed by atoms with Crippen LogP contribution in [0.25, 0.3) is 0 Å². The highest BCUT2D eigenvalue weighted by Gasteiger charge is 2.39. The summed E-state index contributed by atoms with van der Waals surface area (Å²) >= 11 is 5.96. The first-order valence-electron chi connectivity index (χ1n) is 5.77. The topological polar surface area (TPSA) is 32.3 Å². The highest BCUT2D eigenvalue weighted by atomic mass is 35.5. The predicted octanol–water partition coefficient (Wildman–Crippen LogP) is 3.00. The quantitative estimate of drug-likeness (QED) is 0.897. The van der Waals surface area contributed by atoms with Gasteiger partial charge < -0.3 is 10.2 Å². The lowest BCUT2D eigenvalue weighted by Crippen LogP contribution is -2.18. The van der Waals surface area contributed by atoms with Crippen LogP contribution >= 0.6 is 11.6 Å². The number of nitrogens with zero attached hydrogens (tertiary/aromatic N) is 1. The monoisotopic (exact) mass is 252 g/mol. The molecule has 0 saturated heterocycles. The van der Waals surface area contributed by atoms with Crippen molar-refractivity contribution in [2.45, 2.75) is 13.3 Å². The maximum atomic E-state index is 11.9. The molecule has 0 aromatic heterocycles. The smallest absolute Gasteiger partial charge is 0.227 e. The van der Waals surface area contributed by atoms with Crippen LogP contribution in [-0.2, 0) is 4.79 Å². The summed E-state index contributed by atoms with van der Waals surface area (Å²) < 4.78 is 0. The number of hydrogen-bond acceptors (Lipinski definition) is 2. The van der Waals surface area contributed by atoms with Gasteiger partial charge in [-0.15, -0.1) is 0 Å². The summed E-state index contributed by atoms with van der Waals surface area (Å²) in [6.07, 6.45) is 0.990. The Labute approximate surface area is 107 Å². The Morgan fingerprint density at radius 1 is 1.47 bits per heavy atom. The molecule has 17 heavy (non-hydrogen) atoms. The number of carbonyl (C=O) groups excluding carboxylic acids is 1. The third-order valence-electron chi connectivity index (χ3n) is 3.14. The Bertz CT molecular complexity index is 445. The van der Waals surface area contributed by atoms with E-state index >= 15 is 0 Å². The molecule has 0 aliphatic heterocycles. The predicted molar refractivity (Wildman–Crippen MR) is 71.7 cm³/mol. The Morgan fingerprint density at radius 3 is 2.65 bits per heavy atom. The van der Waals surface area contributed by atoms with Crippen LogP contribution in [0.15, 0.2) is 18.2 Å². The van der Waals surface area contributed by atoms with Gasteiger partial charge in [-0.2, -0.15) is 0 Å². The first-order valence-corrected chi connectivity index (χ1v) is 6.14. The van der Waals surface area contributed by atoms with Crippen molar-refractivity contribution in [1.82, 2.24) is 0 Å². The highest BCUT2D eigenvalue weighted by Crippen LogP contribution is 2.39. The van der Waals surface area contributed by atoms with E-state index in [1.54, 1.807) is 6.07 Å². The number of benzene rings is 1. The first kappa shape index (κ1) is 12.2. The lowest BCUT2D eigenvalue weighted by Gasteiger charge is -2.18. The molecule has 4 heteroatoms. The Hall–Kier alpha value is -1.22. The molecular weight excluding hydrogens is 236 g/mol. The molecule has 1 aliphatic rings. The van der Waals surface area contributed by atoms with Crippen molar-refractivity contribution in [3.63, 3.8) is 0 Å². The number of anilines is 2. The van der Waals surface area contributed by atoms with Crippen LogP contribution in [-0.4, -0.2) is 20.0 Å². The number of carbonyl (C=O) groups is 1. The third kappa shape index (κ3) is 2.72. The molecule has 0 radical (unpaired) electrons. The maximum Gasteiger partial charge on any atom is 0.227 e. The number of nitrogens with one attached hydrogen (secondary N) is 1. The summed E-state index contributed by atoms with van der Waals surface area (Å²) in [6.45, 7) is 2.09. The van der Waals surface area contributed by atoms with Gasteiger partial charge in [0.1, 0.15) is 0 Å². The molecule has 1 aromatic carbocycles. The van der Waals surface area contributed by atoms with Gasteiger partial charge in [-0.1, -0.05) is 18.5 Å². The minimum atomic E-state index is 0.0999. The molecular formula is C13H17ClN2O. The molecule has 3 nitrogen and oxygen atoms in total. The van der Waals surface area contributed by atoms with Gasteiger partial charge in [0.15, 0.2) is 0 Å². The molecule has 1 amide bonds. The number of hydrogen-bond donors (Lipinski definition) is 1. The van der Waals surface area contributed by atoms with E-state index in [2.05, 4.69) is 12.2 Å². The van der Waals surface area contributed by atoms with Crippen LogP contribution in [0.3, 0.4) is 0 Å². The zero-order valence-corrected chi connectivity index (χ0v) is 11.1. The normalized spacial score (nSPS) is 22.1. The van der Waals surface area contributed by atoms with Crippen molar-refractivity contribution in [2.75, 3.05) is 24.3 Å². The van der Waals surface area contributed by atoms with E-state index in [-0.39, 0.29) is 11.8 Å². The molecule has 0 heterocycles. The first-order chi connectivity index (χ1) is 7.99. The Kier molecular flexibility index (Phi) is 3.29. The Balaban J connectivity index is 2.18. The van der Waals surface area contributed by atoms with Gasteiger partial charge in [-0.25, -0.2) is 0 Å². The second-order valence-electron chi connectivity index (χ2n) is 4.86. The molecule has 92 valence electrons. The van der Waals surface area contributed by atoms with E-state index in [1.165, 1.54) is 0 Å². The van der Waals surface area contributed by atoms with E-state index in [4.69, 9.17) is 11.6 Å². The number of halogens is 1. The zero-order chi connectivity index (χ0) is 12.6. The fraction of sp³-hybridized carbons (Fsp3) is 0.462. The zero-order valence-electron chi connectivity index (χ0n) is 10.3. The molecule has 0 bridgehead atoms. The van der Waals surface area contributed by atoms with Crippen molar-refractivity contribution in [2.24, 2.45) is 11.8 Å². The molecule has 2 unspecified atom stereocenters. The van der Waals surface area contributed by atoms with E-state index < -0.39 is 0 Å². The van der Waals surface area contributed by atoms with Crippen LogP contribution in [0, 0.1) is 11.8 Å². The molecule has 2 atom stereocenters. The summed E-state index contributed by atoms with van der Waals surface area (Å²) in [4.78, 5) is 13.9. The van der Waals surface area contributed by atoms with E-state index in [0.717, 1.165) is 17.8 Å². The van der Waals surface area contributed by atoms with E-state index in [9.17, 15) is 4.79 Å². The summed E-state index contributed by atoms with van der Waals surface area (Å²) in [5, 5.41) is 3.59. The van der Waals surface area contributed by atoms with Gasteiger partial charge in [-0.3, -0.25) is 4.79 Å². The molecule has 1 saturated carbocycles. The third-order valence-corrected chi connectivity index (χ3v) is 3.38. The molecule has 1 N–H and O–H groups in total. The standard InChI is InChI=1S/C13H17ClN2O/c1-8-6-10(8)13(17)15-11-7-9(14)4-5-12(11)16(2)3/h4-5,7-8,10H,6H2,1-3H3,(H,15,17). The summed E-state index contributed by atoms with van der Waals surface area (Å²) in [7, 11) is 3.89. The molecule has 0 spiro atoms. The van der Waals surface area contributed by atoms with Gasteiger partial charge in [0, 0.05) is 25.0 Å². The molecule has 1 fully saturated rings. The van der Waals surface area contributed by atoms with Crippen molar-refractivity contribution in [1.29, 1.82) is 0 Å². The average Bonchev–Trinajstić information content (AvgIpc) is 2.95. The minimum absolute atomic E-state index is 0.0999. The van der Waals surface area contributed by atoms with Crippen molar-refractivity contribution in [3.8, 4) is 0 Å². The summed E-state index contributed by atoms with van der Waals surface area (Å²) in [6, 6.07) is 5.53. The van der Waals surface area contributed by atoms with Crippen LogP contribution in [0.5, 0.6) is 0 Å². The van der Waals surface area contributed by atoms with Crippen molar-refractivity contribution >= 4 is 28.9 Å². The Morgan fingerprint density at radius 2 is 2.12 bits per heavy atom. The van der Waals surface area contributed by atoms with Gasteiger partial charge in [0.2, 0.25) is 5.91 Å². The van der Waals surface area contributed by atoms with Gasteiger partial charge in [-0.05, 0) is 30.5 Å². The van der Waals surface area contributed by atoms with Gasteiger partial charge in [0.05, 0.1) is 11.4 Å². The van der Waals surface area contributed by atoms with Crippen LogP contribution in [0.4, 0.5) is 11.4 Å². The van der Waals surface area contributed by atoms with E-state index in [1.807, 2.05) is 31.1 Å². The van der Waals surface area contributed by atoms with Gasteiger partial charge in [0.25, 0.3) is 0 Å². The fourth-order valence-electron chi connectivity index (χ4n) is 1.91. The van der Waals surface area contributed by atoms with Crippen molar-refractivity contribution in [3.05, 3.63) is 23.2 Å². The average molecular weight is 253 g/mol. The molecule has 1 aliphatic carbocycles. The maximum absolute atomic E-state index is 11.9. The van der Waals surface area contributed by atoms with Crippen LogP contribution in [0.2, 0.25) is 5.02 Å². The van der Waals surface area contributed by atoms with E-state index in [0.29, 0.717) is 10.9 Å². The lowest BCUT2D eigenvalue weighted by molar-refractivity contribution is -0.117. The fourth-order valence-corrected chi connectivity index (χ4v) is 2.08.